The Morgan fingerprint density at radius 3 is 1.93 bits per heavy atom. The van der Waals surface area contributed by atoms with Gasteiger partial charge in [0.05, 0.1) is 20.1 Å². The van der Waals surface area contributed by atoms with Crippen molar-refractivity contribution in [2.24, 2.45) is 0 Å². The number of esters is 1. The van der Waals surface area contributed by atoms with Gasteiger partial charge in [0, 0.05) is 6.61 Å². The van der Waals surface area contributed by atoms with E-state index >= 15 is 0 Å². The van der Waals surface area contributed by atoms with E-state index in [4.69, 9.17) is 9.16 Å². The van der Waals surface area contributed by atoms with E-state index in [-0.39, 0.29) is 24.0 Å². The summed E-state index contributed by atoms with van der Waals surface area (Å²) < 4.78 is 11.6. The lowest BCUT2D eigenvalue weighted by Crippen LogP contribution is -2.66. The molecule has 0 aliphatic rings. The Balaban J connectivity index is 2.49. The molecule has 156 valence electrons. The molecule has 0 spiro atoms. The number of benzene rings is 2. The molecular weight excluding hydrogens is 380 g/mol. The Hall–Kier alpha value is -2.21. The molecule has 0 unspecified atom stereocenters. The van der Waals surface area contributed by atoms with Gasteiger partial charge in [-0.25, -0.2) is 0 Å². The fourth-order valence-corrected chi connectivity index (χ4v) is 8.21. The van der Waals surface area contributed by atoms with Gasteiger partial charge < -0.3 is 14.3 Å². The summed E-state index contributed by atoms with van der Waals surface area (Å²) in [5, 5.41) is 11.8. The molecule has 0 heterocycles. The summed E-state index contributed by atoms with van der Waals surface area (Å²) >= 11 is 0. The zero-order valence-corrected chi connectivity index (χ0v) is 18.9. The molecule has 2 aromatic rings. The van der Waals surface area contributed by atoms with Crippen molar-refractivity contribution in [3.63, 3.8) is 0 Å². The molecule has 0 atom stereocenters. The lowest BCUT2D eigenvalue weighted by atomic mass is 10.2. The van der Waals surface area contributed by atoms with Crippen molar-refractivity contribution < 1.29 is 19.1 Å². The van der Waals surface area contributed by atoms with Crippen LogP contribution >= 0.6 is 0 Å². The molecule has 0 aliphatic carbocycles. The van der Waals surface area contributed by atoms with Crippen LogP contribution in [0, 0.1) is 0 Å². The van der Waals surface area contributed by atoms with E-state index in [0.29, 0.717) is 13.0 Å². The molecule has 4 nitrogen and oxygen atoms in total. The number of hydrogen-bond donors (Lipinski definition) is 1. The van der Waals surface area contributed by atoms with Crippen LogP contribution in [0.25, 0.3) is 0 Å². The number of carbonyl (C=O) groups excluding carboxylic acids is 1. The van der Waals surface area contributed by atoms with Gasteiger partial charge in [0.2, 0.25) is 0 Å². The second-order valence-electron chi connectivity index (χ2n) is 8.07. The van der Waals surface area contributed by atoms with Gasteiger partial charge in [-0.1, -0.05) is 87.5 Å². The van der Waals surface area contributed by atoms with Gasteiger partial charge in [-0.05, 0) is 27.4 Å². The maximum Gasteiger partial charge on any atom is 0.309 e. The Bertz CT molecular complexity index is 755. The van der Waals surface area contributed by atoms with Crippen LogP contribution in [0.5, 0.6) is 0 Å². The predicted octanol–water partition coefficient (Wildman–Crippen LogP) is 3.43. The maximum atomic E-state index is 11.6. The molecule has 0 aliphatic heterocycles. The first-order valence-corrected chi connectivity index (χ1v) is 11.9. The van der Waals surface area contributed by atoms with Crippen molar-refractivity contribution in [3.8, 4) is 0 Å². The van der Waals surface area contributed by atoms with Crippen LogP contribution < -0.4 is 10.4 Å². The zero-order valence-electron chi connectivity index (χ0n) is 17.9. The molecule has 5 heteroatoms. The monoisotopic (exact) mass is 412 g/mol. The van der Waals surface area contributed by atoms with Gasteiger partial charge in [0.25, 0.3) is 8.32 Å². The van der Waals surface area contributed by atoms with Crippen molar-refractivity contribution in [3.05, 3.63) is 72.3 Å². The van der Waals surface area contributed by atoms with Gasteiger partial charge in [-0.2, -0.15) is 0 Å². The first-order chi connectivity index (χ1) is 13.8. The highest BCUT2D eigenvalue weighted by atomic mass is 28.4. The summed E-state index contributed by atoms with van der Waals surface area (Å²) in [5.74, 6) is -0.300. The highest BCUT2D eigenvalue weighted by Gasteiger charge is 2.50. The van der Waals surface area contributed by atoms with Crippen molar-refractivity contribution in [1.82, 2.24) is 0 Å². The SMILES string of the molecule is COC(=O)C/C=C(\CCO)CO[Si](c1ccccc1)(c1ccccc1)C(C)(C)C. The summed E-state index contributed by atoms with van der Waals surface area (Å²) in [6.07, 6.45) is 2.46. The molecule has 0 amide bonds. The molecular formula is C24H32O4Si. The van der Waals surface area contributed by atoms with Crippen molar-refractivity contribution >= 4 is 24.7 Å². The van der Waals surface area contributed by atoms with Gasteiger partial charge in [0.1, 0.15) is 0 Å². The smallest absolute Gasteiger partial charge is 0.309 e. The number of aliphatic hydroxyl groups is 1. The van der Waals surface area contributed by atoms with E-state index in [9.17, 15) is 9.90 Å². The summed E-state index contributed by atoms with van der Waals surface area (Å²) in [4.78, 5) is 11.6. The number of ether oxygens (including phenoxy) is 1. The van der Waals surface area contributed by atoms with Crippen molar-refractivity contribution in [1.29, 1.82) is 0 Å². The third-order valence-electron chi connectivity index (χ3n) is 5.11. The summed E-state index contributed by atoms with van der Waals surface area (Å²) in [6, 6.07) is 20.8. The van der Waals surface area contributed by atoms with E-state index in [0.717, 1.165) is 5.57 Å². The average Bonchev–Trinajstić information content (AvgIpc) is 2.72. The Morgan fingerprint density at radius 2 is 1.52 bits per heavy atom. The van der Waals surface area contributed by atoms with Crippen LogP contribution in [-0.4, -0.2) is 39.7 Å². The van der Waals surface area contributed by atoms with Crippen LogP contribution in [0.1, 0.15) is 33.6 Å². The first-order valence-electron chi connectivity index (χ1n) is 9.95. The lowest BCUT2D eigenvalue weighted by Gasteiger charge is -2.43. The second-order valence-corrected chi connectivity index (χ2v) is 12.4. The number of hydrogen-bond acceptors (Lipinski definition) is 4. The fourth-order valence-electron chi connectivity index (χ4n) is 3.65. The predicted molar refractivity (Wildman–Crippen MR) is 120 cm³/mol. The maximum absolute atomic E-state index is 11.6. The lowest BCUT2D eigenvalue weighted by molar-refractivity contribution is -0.139. The minimum Gasteiger partial charge on any atom is -0.469 e. The minimum absolute atomic E-state index is 0.0110. The third kappa shape index (κ3) is 5.66. The Kier molecular flexibility index (Phi) is 8.38. The molecule has 0 aromatic heterocycles. The minimum atomic E-state index is -2.64. The first kappa shape index (κ1) is 23.1. The topological polar surface area (TPSA) is 55.8 Å². The molecule has 0 saturated carbocycles. The molecule has 0 fully saturated rings. The highest BCUT2D eigenvalue weighted by molar-refractivity contribution is 6.99. The zero-order chi connectivity index (χ0) is 21.3. The van der Waals surface area contributed by atoms with Crippen LogP contribution in [0.15, 0.2) is 72.3 Å². The normalized spacial score (nSPS) is 12.7. The largest absolute Gasteiger partial charge is 0.469 e. The highest BCUT2D eigenvalue weighted by Crippen LogP contribution is 2.37. The molecule has 0 bridgehead atoms. The van der Waals surface area contributed by atoms with Crippen LogP contribution in [0.4, 0.5) is 0 Å². The molecule has 1 N–H and O–H groups in total. The van der Waals surface area contributed by atoms with Crippen LogP contribution in [0.2, 0.25) is 5.04 Å². The van der Waals surface area contributed by atoms with Gasteiger partial charge in [-0.3, -0.25) is 4.79 Å². The van der Waals surface area contributed by atoms with Crippen LogP contribution in [0.3, 0.4) is 0 Å². The Morgan fingerprint density at radius 1 is 1.00 bits per heavy atom. The number of carbonyl (C=O) groups is 1. The quantitative estimate of drug-likeness (QED) is 0.389. The molecule has 0 radical (unpaired) electrons. The third-order valence-corrected chi connectivity index (χ3v) is 10.1. The van der Waals surface area contributed by atoms with E-state index in [2.05, 4.69) is 69.3 Å². The number of methoxy groups -OCH3 is 1. The van der Waals surface area contributed by atoms with Crippen molar-refractivity contribution in [2.45, 2.75) is 38.7 Å². The van der Waals surface area contributed by atoms with E-state index in [1.165, 1.54) is 17.5 Å². The second kappa shape index (κ2) is 10.5. The summed E-state index contributed by atoms with van der Waals surface area (Å²) in [6.45, 7) is 7.05. The van der Waals surface area contributed by atoms with Crippen molar-refractivity contribution in [2.75, 3.05) is 20.3 Å². The number of aliphatic hydroxyl groups excluding tert-OH is 1. The number of rotatable bonds is 9. The van der Waals surface area contributed by atoms with E-state index in [1.54, 1.807) is 0 Å². The van der Waals surface area contributed by atoms with E-state index < -0.39 is 8.32 Å². The summed E-state index contributed by atoms with van der Waals surface area (Å²) in [5.41, 5.74) is 0.908. The Labute approximate surface area is 175 Å². The van der Waals surface area contributed by atoms with Gasteiger partial charge >= 0.3 is 5.97 Å². The molecule has 2 aromatic carbocycles. The summed E-state index contributed by atoms with van der Waals surface area (Å²) in [7, 11) is -1.27. The fraction of sp³-hybridized carbons (Fsp3) is 0.375. The standard InChI is InChI=1S/C24H32O4Si/c1-24(2,3)29(21-11-7-5-8-12-21,22-13-9-6-10-14-22)28-19-20(17-18-25)15-16-23(26)27-4/h5-15,25H,16-19H2,1-4H3/b20-15+. The molecule has 0 saturated heterocycles. The average molecular weight is 413 g/mol. The molecule has 2 rings (SSSR count). The van der Waals surface area contributed by atoms with E-state index in [1.807, 2.05) is 18.2 Å². The van der Waals surface area contributed by atoms with Gasteiger partial charge in [-0.15, -0.1) is 0 Å². The molecule has 29 heavy (non-hydrogen) atoms. The van der Waals surface area contributed by atoms with Crippen LogP contribution in [-0.2, 0) is 14.0 Å². The van der Waals surface area contributed by atoms with Gasteiger partial charge in [0.15, 0.2) is 0 Å².